The number of nitrogens with one attached hydrogen (secondary N) is 1. The van der Waals surface area contributed by atoms with Gasteiger partial charge < -0.3 is 15.0 Å². The van der Waals surface area contributed by atoms with Crippen molar-refractivity contribution in [1.82, 2.24) is 4.90 Å². The van der Waals surface area contributed by atoms with Crippen LogP contribution in [0.5, 0.6) is 0 Å². The molecule has 0 radical (unpaired) electrons. The standard InChI is InChI=1S/C21H22ClN3O5/c1-30-21(27)18-8-4-5-11-24(18)20(26)14-9-10-17(19(12-14)25(28)29)23-13-15-6-2-3-7-16(15)22/h2-3,6-7,9-10,12,18,23H,4-5,8,11,13H2,1H3. The van der Waals surface area contributed by atoms with Crippen molar-refractivity contribution in [3.8, 4) is 0 Å². The second-order valence-electron chi connectivity index (χ2n) is 6.97. The molecule has 3 rings (SSSR count). The van der Waals surface area contributed by atoms with Gasteiger partial charge >= 0.3 is 5.97 Å². The first-order valence-corrected chi connectivity index (χ1v) is 9.94. The van der Waals surface area contributed by atoms with E-state index in [0.717, 1.165) is 18.4 Å². The largest absolute Gasteiger partial charge is 0.467 e. The van der Waals surface area contributed by atoms with Crippen molar-refractivity contribution >= 4 is 34.9 Å². The fourth-order valence-corrected chi connectivity index (χ4v) is 3.72. The minimum absolute atomic E-state index is 0.154. The second kappa shape index (κ2) is 9.58. The molecule has 8 nitrogen and oxygen atoms in total. The molecule has 1 aliphatic heterocycles. The molecule has 1 fully saturated rings. The first-order chi connectivity index (χ1) is 14.4. The number of ether oxygens (including phenoxy) is 1. The number of nitro benzene ring substituents is 1. The number of amides is 1. The van der Waals surface area contributed by atoms with Gasteiger partial charge in [-0.3, -0.25) is 14.9 Å². The lowest BCUT2D eigenvalue weighted by Gasteiger charge is -2.33. The van der Waals surface area contributed by atoms with E-state index in [1.807, 2.05) is 12.1 Å². The summed E-state index contributed by atoms with van der Waals surface area (Å²) in [5, 5.41) is 15.2. The Morgan fingerprint density at radius 3 is 2.73 bits per heavy atom. The van der Waals surface area contributed by atoms with Gasteiger partial charge in [-0.2, -0.15) is 0 Å². The zero-order valence-corrected chi connectivity index (χ0v) is 17.2. The maximum Gasteiger partial charge on any atom is 0.328 e. The smallest absolute Gasteiger partial charge is 0.328 e. The van der Waals surface area contributed by atoms with Gasteiger partial charge in [0.1, 0.15) is 11.7 Å². The highest BCUT2D eigenvalue weighted by Gasteiger charge is 2.34. The van der Waals surface area contributed by atoms with Crippen molar-refractivity contribution in [2.45, 2.75) is 31.8 Å². The average molecular weight is 432 g/mol. The van der Waals surface area contributed by atoms with E-state index in [1.165, 1.54) is 30.2 Å². The van der Waals surface area contributed by atoms with E-state index in [9.17, 15) is 19.7 Å². The van der Waals surface area contributed by atoms with Gasteiger partial charge in [0.15, 0.2) is 0 Å². The number of methoxy groups -OCH3 is 1. The van der Waals surface area contributed by atoms with Crippen LogP contribution in [-0.2, 0) is 16.1 Å². The van der Waals surface area contributed by atoms with Crippen LogP contribution < -0.4 is 5.32 Å². The van der Waals surface area contributed by atoms with E-state index >= 15 is 0 Å². The van der Waals surface area contributed by atoms with Gasteiger partial charge in [0.05, 0.1) is 12.0 Å². The molecule has 1 heterocycles. The summed E-state index contributed by atoms with van der Waals surface area (Å²) < 4.78 is 4.81. The summed E-state index contributed by atoms with van der Waals surface area (Å²) in [5.41, 5.74) is 1.00. The van der Waals surface area contributed by atoms with Crippen molar-refractivity contribution < 1.29 is 19.2 Å². The molecular formula is C21H22ClN3O5. The van der Waals surface area contributed by atoms with E-state index in [0.29, 0.717) is 24.5 Å². The molecule has 1 amide bonds. The summed E-state index contributed by atoms with van der Waals surface area (Å²) in [6.45, 7) is 0.698. The summed E-state index contributed by atoms with van der Waals surface area (Å²) in [6, 6.07) is 10.8. The van der Waals surface area contributed by atoms with Crippen LogP contribution in [0.1, 0.15) is 35.2 Å². The lowest BCUT2D eigenvalue weighted by atomic mass is 10.0. The molecule has 30 heavy (non-hydrogen) atoms. The van der Waals surface area contributed by atoms with Crippen LogP contribution in [0.25, 0.3) is 0 Å². The first kappa shape index (κ1) is 21.6. The molecule has 158 valence electrons. The van der Waals surface area contributed by atoms with E-state index in [4.69, 9.17) is 16.3 Å². The molecule has 1 unspecified atom stereocenters. The number of nitro groups is 1. The molecular weight excluding hydrogens is 410 g/mol. The molecule has 0 saturated carbocycles. The number of anilines is 1. The van der Waals surface area contributed by atoms with Crippen LogP contribution in [0, 0.1) is 10.1 Å². The topological polar surface area (TPSA) is 102 Å². The van der Waals surface area contributed by atoms with Crippen molar-refractivity contribution in [2.24, 2.45) is 0 Å². The van der Waals surface area contributed by atoms with Gasteiger partial charge in [-0.25, -0.2) is 4.79 Å². The fourth-order valence-electron chi connectivity index (χ4n) is 3.52. The number of nitrogens with zero attached hydrogens (tertiary/aromatic N) is 2. The van der Waals surface area contributed by atoms with Gasteiger partial charge in [-0.05, 0) is 43.0 Å². The van der Waals surface area contributed by atoms with Gasteiger partial charge in [-0.15, -0.1) is 0 Å². The molecule has 0 spiro atoms. The predicted molar refractivity (Wildman–Crippen MR) is 113 cm³/mol. The number of esters is 1. The first-order valence-electron chi connectivity index (χ1n) is 9.57. The van der Waals surface area contributed by atoms with Gasteiger partial charge in [0.25, 0.3) is 11.6 Å². The summed E-state index contributed by atoms with van der Waals surface area (Å²) in [6.07, 6.45) is 2.09. The summed E-state index contributed by atoms with van der Waals surface area (Å²) >= 11 is 6.13. The number of piperidine rings is 1. The van der Waals surface area contributed by atoms with Crippen LogP contribution in [-0.4, -0.2) is 41.4 Å². The summed E-state index contributed by atoms with van der Waals surface area (Å²) in [5.74, 6) is -0.901. The highest BCUT2D eigenvalue weighted by atomic mass is 35.5. The zero-order valence-electron chi connectivity index (χ0n) is 16.5. The van der Waals surface area contributed by atoms with E-state index in [2.05, 4.69) is 5.32 Å². The Bertz CT molecular complexity index is 965. The number of carbonyl (C=O) groups is 2. The minimum atomic E-state index is -0.673. The Hall–Kier alpha value is -3.13. The van der Waals surface area contributed by atoms with Crippen LogP contribution in [0.15, 0.2) is 42.5 Å². The van der Waals surface area contributed by atoms with Crippen molar-refractivity contribution in [2.75, 3.05) is 19.0 Å². The van der Waals surface area contributed by atoms with Crippen molar-refractivity contribution in [3.05, 3.63) is 68.7 Å². The molecule has 0 aromatic heterocycles. The number of likely N-dealkylation sites (tertiary alicyclic amines) is 1. The molecule has 1 saturated heterocycles. The third-order valence-electron chi connectivity index (χ3n) is 5.11. The van der Waals surface area contributed by atoms with Gasteiger partial charge in [0.2, 0.25) is 0 Å². The fraction of sp³-hybridized carbons (Fsp3) is 0.333. The lowest BCUT2D eigenvalue weighted by Crippen LogP contribution is -2.48. The minimum Gasteiger partial charge on any atom is -0.467 e. The quantitative estimate of drug-likeness (QED) is 0.421. The molecule has 2 aromatic carbocycles. The van der Waals surface area contributed by atoms with Crippen molar-refractivity contribution in [3.63, 3.8) is 0 Å². The molecule has 2 aromatic rings. The van der Waals surface area contributed by atoms with Gasteiger partial charge in [0, 0.05) is 29.7 Å². The number of rotatable bonds is 6. The maximum absolute atomic E-state index is 13.0. The second-order valence-corrected chi connectivity index (χ2v) is 7.37. The number of hydrogen-bond donors (Lipinski definition) is 1. The van der Waals surface area contributed by atoms with Crippen LogP contribution >= 0.6 is 11.6 Å². The number of hydrogen-bond acceptors (Lipinski definition) is 6. The van der Waals surface area contributed by atoms with Crippen LogP contribution in [0.3, 0.4) is 0 Å². The monoisotopic (exact) mass is 431 g/mol. The Morgan fingerprint density at radius 2 is 2.03 bits per heavy atom. The number of carbonyl (C=O) groups excluding carboxylic acids is 2. The Balaban J connectivity index is 1.83. The Morgan fingerprint density at radius 1 is 1.27 bits per heavy atom. The molecule has 0 bridgehead atoms. The van der Waals surface area contributed by atoms with E-state index in [-0.39, 0.29) is 16.9 Å². The molecule has 9 heteroatoms. The summed E-state index contributed by atoms with van der Waals surface area (Å²) in [4.78, 5) is 37.5. The Kier molecular flexibility index (Phi) is 6.89. The molecule has 0 aliphatic carbocycles. The highest BCUT2D eigenvalue weighted by Crippen LogP contribution is 2.29. The predicted octanol–water partition coefficient (Wildman–Crippen LogP) is 4.03. The van der Waals surface area contributed by atoms with E-state index in [1.54, 1.807) is 12.1 Å². The number of halogens is 1. The normalized spacial score (nSPS) is 16.1. The van der Waals surface area contributed by atoms with Crippen LogP contribution in [0.2, 0.25) is 5.02 Å². The average Bonchev–Trinajstić information content (AvgIpc) is 2.77. The molecule has 1 aliphatic rings. The van der Waals surface area contributed by atoms with Crippen LogP contribution in [0.4, 0.5) is 11.4 Å². The van der Waals surface area contributed by atoms with E-state index < -0.39 is 22.8 Å². The third-order valence-corrected chi connectivity index (χ3v) is 5.47. The van der Waals surface area contributed by atoms with Gasteiger partial charge in [-0.1, -0.05) is 29.8 Å². The van der Waals surface area contributed by atoms with Crippen molar-refractivity contribution in [1.29, 1.82) is 0 Å². The Labute approximate surface area is 178 Å². The lowest BCUT2D eigenvalue weighted by molar-refractivity contribution is -0.384. The highest BCUT2D eigenvalue weighted by molar-refractivity contribution is 6.31. The SMILES string of the molecule is COC(=O)C1CCCCN1C(=O)c1ccc(NCc2ccccc2Cl)c([N+](=O)[O-])c1. The molecule has 1 N–H and O–H groups in total. The zero-order chi connectivity index (χ0) is 21.7. The third kappa shape index (κ3) is 4.71. The molecule has 1 atom stereocenters. The summed E-state index contributed by atoms with van der Waals surface area (Å²) in [7, 11) is 1.28. The maximum atomic E-state index is 13.0. The number of benzene rings is 2.